The largest absolute Gasteiger partial charge is 0.463 e. The number of hydrogen-bond acceptors (Lipinski definition) is 16. The van der Waals surface area contributed by atoms with Crippen LogP contribution in [0.15, 0.2) is 73.3 Å². The van der Waals surface area contributed by atoms with E-state index >= 15 is 0 Å². The SMILES string of the molecule is C=CCCCO[C@@H]1O[C@H](COCc2ccccc2)[C@@H](O[C@@H]2O[C@H](COC(C)=O)[C@H](OC(C)=O)[C@H](OC(C)=O)[C@H]2OC(C)=O)[C@H](OCc2ccccc2)[C@H]1N1C(=O)c2c(Cl)c(Cl)c(Cl)c(Cl)c2C1=O. The van der Waals surface area contributed by atoms with Crippen LogP contribution in [0.2, 0.25) is 20.1 Å². The topological polar surface area (TPSA) is 198 Å². The number of rotatable bonds is 20. The monoisotopic (exact) mass is 1020 g/mol. The van der Waals surface area contributed by atoms with Crippen LogP contribution in [0.3, 0.4) is 0 Å². The molecule has 21 heteroatoms. The maximum Gasteiger partial charge on any atom is 0.303 e. The summed E-state index contributed by atoms with van der Waals surface area (Å²) in [5.74, 6) is -5.28. The molecule has 2 amide bonds. The van der Waals surface area contributed by atoms with Gasteiger partial charge in [0.2, 0.25) is 0 Å². The molecule has 2 saturated heterocycles. The van der Waals surface area contributed by atoms with Gasteiger partial charge in [-0.1, -0.05) is 113 Å². The lowest BCUT2D eigenvalue weighted by atomic mass is 9.93. The van der Waals surface area contributed by atoms with E-state index in [1.807, 2.05) is 30.3 Å². The van der Waals surface area contributed by atoms with Gasteiger partial charge in [0.05, 0.1) is 57.6 Å². The van der Waals surface area contributed by atoms with Crippen LogP contribution in [0, 0.1) is 0 Å². The number of allylic oxidation sites excluding steroid dienone is 1. The summed E-state index contributed by atoms with van der Waals surface area (Å²) in [7, 11) is 0. The molecule has 0 radical (unpaired) electrons. The number of fused-ring (bicyclic) bond motifs is 1. The Kier molecular flexibility index (Phi) is 18.8. The molecule has 68 heavy (non-hydrogen) atoms. The van der Waals surface area contributed by atoms with Crippen molar-refractivity contribution in [3.8, 4) is 0 Å². The van der Waals surface area contributed by atoms with Crippen LogP contribution in [0.5, 0.6) is 0 Å². The molecule has 0 aliphatic carbocycles. The number of benzene rings is 3. The zero-order chi connectivity index (χ0) is 49.2. The first-order valence-corrected chi connectivity index (χ1v) is 22.9. The summed E-state index contributed by atoms with van der Waals surface area (Å²) in [6.45, 7) is 7.26. The molecule has 2 fully saturated rings. The molecule has 0 spiro atoms. The van der Waals surface area contributed by atoms with E-state index in [0.29, 0.717) is 18.4 Å². The number of carbonyl (C=O) groups is 6. The molecule has 0 bridgehead atoms. The molecular weight excluding hydrogens is 976 g/mol. The molecule has 3 aromatic rings. The highest BCUT2D eigenvalue weighted by molar-refractivity contribution is 6.55. The van der Waals surface area contributed by atoms with Gasteiger partial charge in [0, 0.05) is 27.7 Å². The maximum absolute atomic E-state index is 14.8. The summed E-state index contributed by atoms with van der Waals surface area (Å²) in [6, 6.07) is 16.5. The first-order chi connectivity index (χ1) is 32.5. The second kappa shape index (κ2) is 24.3. The van der Waals surface area contributed by atoms with E-state index in [-0.39, 0.29) is 57.6 Å². The van der Waals surface area contributed by atoms with Gasteiger partial charge in [-0.05, 0) is 24.0 Å². The number of esters is 4. The molecule has 0 aromatic heterocycles. The molecular formula is C47H49Cl4NO16. The highest BCUT2D eigenvalue weighted by Gasteiger charge is 2.60. The van der Waals surface area contributed by atoms with Gasteiger partial charge in [0.1, 0.15) is 37.1 Å². The zero-order valence-electron chi connectivity index (χ0n) is 37.3. The predicted octanol–water partition coefficient (Wildman–Crippen LogP) is 7.24. The standard InChI is InChI=1S/C47H49Cl4NO16/c1-6-7-14-19-60-46-38(52-44(57)32-33(45(52)58)35(49)37(51)36(50)34(32)48)41(62-21-29-17-12-9-13-18-29)39(30(66-46)22-59-20-28-15-10-8-11-16-28)68-47-43(65-27(5)56)42(64-26(4)55)40(63-25(3)54)31(67-47)23-61-24(2)53/h6,8-13,15-18,30-31,38-43,46-47H,1,7,14,19-23H2,2-5H3/t30-,31-,38-,39-,40+,41-,42+,43-,46-,47+/m1/s1. The third-order valence-corrected chi connectivity index (χ3v) is 12.6. The Bertz CT molecular complexity index is 2270. The molecule has 6 rings (SSSR count). The highest BCUT2D eigenvalue weighted by atomic mass is 35.5. The molecule has 0 N–H and O–H groups in total. The summed E-state index contributed by atoms with van der Waals surface area (Å²) < 4.78 is 61.7. The van der Waals surface area contributed by atoms with Crippen LogP contribution in [-0.2, 0) is 79.8 Å². The van der Waals surface area contributed by atoms with Crippen LogP contribution in [0.25, 0.3) is 0 Å². The van der Waals surface area contributed by atoms with Crippen molar-refractivity contribution >= 4 is 82.1 Å². The van der Waals surface area contributed by atoms with Crippen LogP contribution in [-0.4, -0.2) is 122 Å². The molecule has 10 atom stereocenters. The first kappa shape index (κ1) is 52.7. The van der Waals surface area contributed by atoms with Crippen LogP contribution in [0.1, 0.15) is 72.4 Å². The fraction of sp³-hybridized carbons (Fsp3) is 0.447. The number of hydrogen-bond donors (Lipinski definition) is 0. The number of halogens is 4. The number of imide groups is 1. The number of amides is 2. The lowest BCUT2D eigenvalue weighted by Gasteiger charge is -2.50. The molecule has 3 aromatic carbocycles. The second-order valence-corrected chi connectivity index (χ2v) is 17.3. The van der Waals surface area contributed by atoms with Gasteiger partial charge in [0.25, 0.3) is 11.8 Å². The van der Waals surface area contributed by atoms with Crippen molar-refractivity contribution in [3.05, 3.63) is 116 Å². The van der Waals surface area contributed by atoms with Gasteiger partial charge < -0.3 is 47.4 Å². The van der Waals surface area contributed by atoms with Gasteiger partial charge in [-0.3, -0.25) is 33.7 Å². The summed E-state index contributed by atoms with van der Waals surface area (Å²) in [5, 5.41) is -1.21. The normalized spacial score (nSPS) is 25.6. The second-order valence-electron chi connectivity index (χ2n) is 15.8. The third-order valence-electron chi connectivity index (χ3n) is 10.8. The Morgan fingerprint density at radius 2 is 1.13 bits per heavy atom. The maximum atomic E-state index is 14.8. The Balaban J connectivity index is 1.53. The summed E-state index contributed by atoms with van der Waals surface area (Å²) in [4.78, 5) is 80.8. The Morgan fingerprint density at radius 3 is 1.68 bits per heavy atom. The minimum atomic E-state index is -1.79. The smallest absolute Gasteiger partial charge is 0.303 e. The Labute approximate surface area is 411 Å². The van der Waals surface area contributed by atoms with Gasteiger partial charge >= 0.3 is 23.9 Å². The Hall–Kier alpha value is -4.66. The molecule has 3 aliphatic heterocycles. The number of ether oxygens (including phenoxy) is 10. The van der Waals surface area contributed by atoms with Crippen molar-refractivity contribution in [1.82, 2.24) is 4.90 Å². The summed E-state index contributed by atoms with van der Waals surface area (Å²) >= 11 is 26.1. The highest BCUT2D eigenvalue weighted by Crippen LogP contribution is 2.47. The van der Waals surface area contributed by atoms with Crippen molar-refractivity contribution in [1.29, 1.82) is 0 Å². The van der Waals surface area contributed by atoms with E-state index in [9.17, 15) is 28.8 Å². The summed E-state index contributed by atoms with van der Waals surface area (Å²) in [5.41, 5.74) is 0.767. The van der Waals surface area contributed by atoms with Crippen molar-refractivity contribution in [3.63, 3.8) is 0 Å². The van der Waals surface area contributed by atoms with Crippen molar-refractivity contribution in [2.45, 2.75) is 115 Å². The fourth-order valence-corrected chi connectivity index (χ4v) is 8.96. The van der Waals surface area contributed by atoms with Gasteiger partial charge in [-0.15, -0.1) is 6.58 Å². The van der Waals surface area contributed by atoms with Crippen molar-refractivity contribution in [2.75, 3.05) is 19.8 Å². The third kappa shape index (κ3) is 12.6. The molecule has 0 unspecified atom stereocenters. The fourth-order valence-electron chi connectivity index (χ4n) is 7.94. The quantitative estimate of drug-likeness (QED) is 0.0209. The number of nitrogens with zero attached hydrogens (tertiary/aromatic N) is 1. The molecule has 3 heterocycles. The van der Waals surface area contributed by atoms with Crippen LogP contribution >= 0.6 is 46.4 Å². The van der Waals surface area contributed by atoms with E-state index in [0.717, 1.165) is 38.2 Å². The molecule has 3 aliphatic rings. The number of carbonyl (C=O) groups excluding carboxylic acids is 6. The van der Waals surface area contributed by atoms with E-state index in [1.54, 1.807) is 36.4 Å². The van der Waals surface area contributed by atoms with Crippen LogP contribution < -0.4 is 0 Å². The van der Waals surface area contributed by atoms with Crippen molar-refractivity contribution in [2.24, 2.45) is 0 Å². The van der Waals surface area contributed by atoms with Crippen LogP contribution in [0.4, 0.5) is 0 Å². The summed E-state index contributed by atoms with van der Waals surface area (Å²) in [6.07, 6.45) is -11.1. The lowest BCUT2D eigenvalue weighted by molar-refractivity contribution is -0.357. The first-order valence-electron chi connectivity index (χ1n) is 21.4. The minimum Gasteiger partial charge on any atom is -0.463 e. The van der Waals surface area contributed by atoms with E-state index in [1.165, 1.54) is 0 Å². The lowest BCUT2D eigenvalue weighted by Crippen LogP contribution is -2.69. The van der Waals surface area contributed by atoms with Crippen molar-refractivity contribution < 1.29 is 76.1 Å². The zero-order valence-corrected chi connectivity index (χ0v) is 40.3. The molecule has 17 nitrogen and oxygen atoms in total. The minimum absolute atomic E-state index is 0.0315. The molecule has 0 saturated carbocycles. The van der Waals surface area contributed by atoms with Gasteiger partial charge in [0.15, 0.2) is 30.9 Å². The van der Waals surface area contributed by atoms with Gasteiger partial charge in [-0.25, -0.2) is 0 Å². The average Bonchev–Trinajstić information content (AvgIpc) is 3.56. The molecule has 366 valence electrons. The van der Waals surface area contributed by atoms with E-state index < -0.39 is 104 Å². The van der Waals surface area contributed by atoms with E-state index in [2.05, 4.69) is 6.58 Å². The predicted molar refractivity (Wildman–Crippen MR) is 243 cm³/mol. The Morgan fingerprint density at radius 1 is 0.618 bits per heavy atom. The average molecular weight is 1030 g/mol. The number of unbranched alkanes of at least 4 members (excludes halogenated alkanes) is 1. The van der Waals surface area contributed by atoms with E-state index in [4.69, 9.17) is 93.8 Å². The van der Waals surface area contributed by atoms with Gasteiger partial charge in [-0.2, -0.15) is 0 Å².